The van der Waals surface area contributed by atoms with E-state index in [1.165, 1.54) is 25.7 Å². The molecule has 1 rings (SSSR count). The molecule has 2 heteroatoms. The summed E-state index contributed by atoms with van der Waals surface area (Å²) in [5, 5.41) is 12.5. The third-order valence-corrected chi connectivity index (χ3v) is 3.22. The van der Waals surface area contributed by atoms with Crippen LogP contribution in [0.2, 0.25) is 0 Å². The Kier molecular flexibility index (Phi) is 4.74. The van der Waals surface area contributed by atoms with E-state index < -0.39 is 0 Å². The molecule has 0 radical (unpaired) electrons. The highest BCUT2D eigenvalue weighted by Gasteiger charge is 2.25. The molecule has 0 saturated heterocycles. The van der Waals surface area contributed by atoms with Crippen LogP contribution in [0.25, 0.3) is 0 Å². The normalized spacial score (nSPS) is 30.7. The molecular weight excluding hydrogens is 162 g/mol. The summed E-state index contributed by atoms with van der Waals surface area (Å²) in [5.41, 5.74) is 0. The molecule has 1 saturated carbocycles. The zero-order valence-electron chi connectivity index (χ0n) is 8.92. The van der Waals surface area contributed by atoms with Crippen molar-refractivity contribution in [3.05, 3.63) is 0 Å². The molecule has 0 heterocycles. The molecule has 2 nitrogen and oxygen atoms in total. The first-order chi connectivity index (χ1) is 6.27. The fourth-order valence-corrected chi connectivity index (χ4v) is 2.21. The zero-order chi connectivity index (χ0) is 9.68. The van der Waals surface area contributed by atoms with E-state index >= 15 is 0 Å². The van der Waals surface area contributed by atoms with Gasteiger partial charge in [0.15, 0.2) is 0 Å². The Hall–Kier alpha value is -0.0800. The Labute approximate surface area is 81.7 Å². The van der Waals surface area contributed by atoms with Crippen LogP contribution in [-0.4, -0.2) is 24.3 Å². The Bertz CT molecular complexity index is 138. The van der Waals surface area contributed by atoms with Gasteiger partial charge in [0, 0.05) is 19.2 Å². The monoisotopic (exact) mass is 185 g/mol. The quantitative estimate of drug-likeness (QED) is 0.684. The SMILES string of the molecule is CCC1CCCC1NCC(C)CO. The zero-order valence-corrected chi connectivity index (χ0v) is 8.92. The van der Waals surface area contributed by atoms with Crippen molar-refractivity contribution in [2.75, 3.05) is 13.2 Å². The largest absolute Gasteiger partial charge is 0.396 e. The minimum Gasteiger partial charge on any atom is -0.396 e. The molecule has 3 unspecified atom stereocenters. The van der Waals surface area contributed by atoms with Crippen molar-refractivity contribution in [3.8, 4) is 0 Å². The summed E-state index contributed by atoms with van der Waals surface area (Å²) in [7, 11) is 0. The number of nitrogens with one attached hydrogen (secondary N) is 1. The van der Waals surface area contributed by atoms with Crippen LogP contribution in [0, 0.1) is 11.8 Å². The van der Waals surface area contributed by atoms with Crippen LogP contribution in [0.15, 0.2) is 0 Å². The third kappa shape index (κ3) is 3.28. The van der Waals surface area contributed by atoms with E-state index in [9.17, 15) is 0 Å². The first kappa shape index (κ1) is 11.0. The lowest BCUT2D eigenvalue weighted by atomic mass is 10.0. The van der Waals surface area contributed by atoms with E-state index in [1.54, 1.807) is 0 Å². The van der Waals surface area contributed by atoms with Crippen molar-refractivity contribution < 1.29 is 5.11 Å². The second kappa shape index (κ2) is 5.61. The third-order valence-electron chi connectivity index (χ3n) is 3.22. The molecule has 1 aliphatic rings. The second-order valence-electron chi connectivity index (χ2n) is 4.40. The van der Waals surface area contributed by atoms with Gasteiger partial charge in [0.1, 0.15) is 0 Å². The van der Waals surface area contributed by atoms with E-state index in [0.29, 0.717) is 12.5 Å². The summed E-state index contributed by atoms with van der Waals surface area (Å²) >= 11 is 0. The van der Waals surface area contributed by atoms with Gasteiger partial charge in [-0.25, -0.2) is 0 Å². The summed E-state index contributed by atoms with van der Waals surface area (Å²) in [6.07, 6.45) is 5.40. The fraction of sp³-hybridized carbons (Fsp3) is 1.00. The van der Waals surface area contributed by atoms with Crippen LogP contribution in [0.5, 0.6) is 0 Å². The van der Waals surface area contributed by atoms with Gasteiger partial charge in [0.25, 0.3) is 0 Å². The fourth-order valence-electron chi connectivity index (χ4n) is 2.21. The molecule has 0 amide bonds. The number of aliphatic hydroxyl groups is 1. The van der Waals surface area contributed by atoms with Crippen molar-refractivity contribution >= 4 is 0 Å². The Morgan fingerprint density at radius 2 is 2.23 bits per heavy atom. The van der Waals surface area contributed by atoms with Crippen LogP contribution >= 0.6 is 0 Å². The average Bonchev–Trinajstić information content (AvgIpc) is 2.61. The Balaban J connectivity index is 2.19. The Morgan fingerprint density at radius 3 is 2.85 bits per heavy atom. The molecule has 1 aliphatic carbocycles. The molecule has 0 aromatic rings. The molecule has 78 valence electrons. The first-order valence-electron chi connectivity index (χ1n) is 5.62. The van der Waals surface area contributed by atoms with Crippen molar-refractivity contribution in [1.29, 1.82) is 0 Å². The molecule has 2 N–H and O–H groups in total. The minimum atomic E-state index is 0.302. The lowest BCUT2D eigenvalue weighted by Gasteiger charge is -2.21. The molecule has 0 bridgehead atoms. The second-order valence-corrected chi connectivity index (χ2v) is 4.40. The number of aliphatic hydroxyl groups excluding tert-OH is 1. The van der Waals surface area contributed by atoms with Crippen LogP contribution < -0.4 is 5.32 Å². The highest BCUT2D eigenvalue weighted by molar-refractivity contribution is 4.82. The first-order valence-corrected chi connectivity index (χ1v) is 5.62. The maximum absolute atomic E-state index is 8.89. The Morgan fingerprint density at radius 1 is 1.46 bits per heavy atom. The highest BCUT2D eigenvalue weighted by atomic mass is 16.3. The average molecular weight is 185 g/mol. The molecule has 1 fully saturated rings. The molecular formula is C11H23NO. The van der Waals surface area contributed by atoms with Gasteiger partial charge in [-0.05, 0) is 24.7 Å². The van der Waals surface area contributed by atoms with Gasteiger partial charge < -0.3 is 10.4 Å². The van der Waals surface area contributed by atoms with E-state index in [2.05, 4.69) is 19.2 Å². The van der Waals surface area contributed by atoms with Gasteiger partial charge in [-0.2, -0.15) is 0 Å². The lowest BCUT2D eigenvalue weighted by molar-refractivity contribution is 0.226. The van der Waals surface area contributed by atoms with Gasteiger partial charge in [-0.1, -0.05) is 26.7 Å². The molecule has 3 atom stereocenters. The van der Waals surface area contributed by atoms with Crippen molar-refractivity contribution in [2.24, 2.45) is 11.8 Å². The van der Waals surface area contributed by atoms with E-state index in [-0.39, 0.29) is 0 Å². The van der Waals surface area contributed by atoms with E-state index in [0.717, 1.165) is 18.5 Å². The number of hydrogen-bond donors (Lipinski definition) is 2. The smallest absolute Gasteiger partial charge is 0.0468 e. The standard InChI is InChI=1S/C11H23NO/c1-3-10-5-4-6-11(10)12-7-9(2)8-13/h9-13H,3-8H2,1-2H3. The lowest BCUT2D eigenvalue weighted by Crippen LogP contribution is -2.35. The maximum atomic E-state index is 8.89. The summed E-state index contributed by atoms with van der Waals surface area (Å²) < 4.78 is 0. The summed E-state index contributed by atoms with van der Waals surface area (Å²) in [6.45, 7) is 5.64. The molecule has 13 heavy (non-hydrogen) atoms. The minimum absolute atomic E-state index is 0.302. The number of rotatable bonds is 5. The number of hydrogen-bond acceptors (Lipinski definition) is 2. The summed E-state index contributed by atoms with van der Waals surface area (Å²) in [5.74, 6) is 1.28. The van der Waals surface area contributed by atoms with Crippen molar-refractivity contribution in [3.63, 3.8) is 0 Å². The van der Waals surface area contributed by atoms with E-state index in [4.69, 9.17) is 5.11 Å². The topological polar surface area (TPSA) is 32.3 Å². The summed E-state index contributed by atoms with van der Waals surface area (Å²) in [4.78, 5) is 0. The van der Waals surface area contributed by atoms with Crippen LogP contribution in [0.3, 0.4) is 0 Å². The van der Waals surface area contributed by atoms with Crippen molar-refractivity contribution in [1.82, 2.24) is 5.32 Å². The van der Waals surface area contributed by atoms with E-state index in [1.807, 2.05) is 0 Å². The van der Waals surface area contributed by atoms with Gasteiger partial charge in [0.05, 0.1) is 0 Å². The molecule has 0 aromatic carbocycles. The van der Waals surface area contributed by atoms with Crippen LogP contribution in [0.4, 0.5) is 0 Å². The van der Waals surface area contributed by atoms with Crippen molar-refractivity contribution in [2.45, 2.75) is 45.6 Å². The maximum Gasteiger partial charge on any atom is 0.0468 e. The molecule has 0 aromatic heterocycles. The van der Waals surface area contributed by atoms with Gasteiger partial charge in [-0.3, -0.25) is 0 Å². The predicted octanol–water partition coefficient (Wildman–Crippen LogP) is 1.78. The predicted molar refractivity (Wildman–Crippen MR) is 55.7 cm³/mol. The van der Waals surface area contributed by atoms with Gasteiger partial charge >= 0.3 is 0 Å². The molecule has 0 aliphatic heterocycles. The van der Waals surface area contributed by atoms with Gasteiger partial charge in [-0.15, -0.1) is 0 Å². The van der Waals surface area contributed by atoms with Crippen LogP contribution in [0.1, 0.15) is 39.5 Å². The van der Waals surface area contributed by atoms with Crippen LogP contribution in [-0.2, 0) is 0 Å². The highest BCUT2D eigenvalue weighted by Crippen LogP contribution is 2.27. The molecule has 0 spiro atoms. The summed E-state index contributed by atoms with van der Waals surface area (Å²) in [6, 6.07) is 0.721. The van der Waals surface area contributed by atoms with Gasteiger partial charge in [0.2, 0.25) is 0 Å².